The van der Waals surface area contributed by atoms with Crippen molar-refractivity contribution in [2.45, 2.75) is 0 Å². The van der Waals surface area contributed by atoms with E-state index in [4.69, 9.17) is 41.2 Å². The fraction of sp³-hybridized carbons (Fsp3) is 0. The zero-order valence-corrected chi connectivity index (χ0v) is 30.4. The van der Waals surface area contributed by atoms with E-state index < -0.39 is 0 Å². The van der Waals surface area contributed by atoms with Gasteiger partial charge in [0, 0.05) is 33.4 Å². The number of aromatic nitrogens is 6. The van der Waals surface area contributed by atoms with Gasteiger partial charge in [0.2, 0.25) is 0 Å². The molecule has 0 amide bonds. The number of nitrogens with zero attached hydrogens (tertiary/aromatic N) is 7. The molecule has 9 aromatic rings. The Balaban J connectivity index is 1.04. The second-order valence-electron chi connectivity index (χ2n) is 13.1. The van der Waals surface area contributed by atoms with Gasteiger partial charge in [-0.2, -0.15) is 0 Å². The first kappa shape index (κ1) is 34.6. The third-order valence-corrected chi connectivity index (χ3v) is 9.24. The highest BCUT2D eigenvalue weighted by Gasteiger charge is 2.15. The number of ether oxygens (including phenoxy) is 1. The van der Waals surface area contributed by atoms with Crippen LogP contribution in [0.2, 0.25) is 0 Å². The van der Waals surface area contributed by atoms with Gasteiger partial charge in [0.1, 0.15) is 11.5 Å². The van der Waals surface area contributed by atoms with Crippen molar-refractivity contribution in [3.8, 4) is 91.0 Å². The van der Waals surface area contributed by atoms with Crippen LogP contribution in [-0.2, 0) is 0 Å². The Bertz CT molecular complexity index is 2820. The Hall–Kier alpha value is -8.15. The molecular formula is C49H31N7O. The molecule has 0 bridgehead atoms. The largest absolute Gasteiger partial charge is 0.457 e. The van der Waals surface area contributed by atoms with Gasteiger partial charge in [-0.1, -0.05) is 158 Å². The molecule has 8 heteroatoms. The average molecular weight is 734 g/mol. The Labute approximate surface area is 329 Å². The molecule has 2 heterocycles. The Kier molecular flexibility index (Phi) is 9.52. The molecule has 2 aromatic heterocycles. The van der Waals surface area contributed by atoms with Gasteiger partial charge < -0.3 is 4.74 Å². The minimum Gasteiger partial charge on any atom is -0.457 e. The van der Waals surface area contributed by atoms with Crippen LogP contribution < -0.4 is 4.74 Å². The molecule has 8 nitrogen and oxygen atoms in total. The van der Waals surface area contributed by atoms with E-state index in [1.165, 1.54) is 0 Å². The van der Waals surface area contributed by atoms with Gasteiger partial charge in [-0.3, -0.25) is 0 Å². The maximum absolute atomic E-state index is 7.39. The molecule has 0 radical (unpaired) electrons. The van der Waals surface area contributed by atoms with Crippen LogP contribution in [0.3, 0.4) is 0 Å². The fourth-order valence-corrected chi connectivity index (χ4v) is 6.39. The Morgan fingerprint density at radius 3 is 1.05 bits per heavy atom. The Morgan fingerprint density at radius 1 is 0.298 bits per heavy atom. The Morgan fingerprint density at radius 2 is 0.632 bits per heavy atom. The topological polar surface area (TPSA) is 90.9 Å². The van der Waals surface area contributed by atoms with Crippen molar-refractivity contribution in [2.24, 2.45) is 0 Å². The molecule has 57 heavy (non-hydrogen) atoms. The predicted octanol–water partition coefficient (Wildman–Crippen LogP) is 12.1. The molecule has 0 atom stereocenters. The van der Waals surface area contributed by atoms with E-state index in [0.717, 1.165) is 44.5 Å². The van der Waals surface area contributed by atoms with Gasteiger partial charge in [0.05, 0.1) is 6.57 Å². The van der Waals surface area contributed by atoms with Gasteiger partial charge in [0.25, 0.3) is 0 Å². The third kappa shape index (κ3) is 7.76. The van der Waals surface area contributed by atoms with Crippen molar-refractivity contribution in [1.82, 2.24) is 29.9 Å². The highest BCUT2D eigenvalue weighted by atomic mass is 16.5. The number of hydrogen-bond donors (Lipinski definition) is 0. The molecule has 0 spiro atoms. The maximum atomic E-state index is 7.39. The predicted molar refractivity (Wildman–Crippen MR) is 224 cm³/mol. The summed E-state index contributed by atoms with van der Waals surface area (Å²) >= 11 is 0. The average Bonchev–Trinajstić information content (AvgIpc) is 3.30. The van der Waals surface area contributed by atoms with Crippen LogP contribution in [-0.4, -0.2) is 29.9 Å². The van der Waals surface area contributed by atoms with Crippen LogP contribution in [0, 0.1) is 6.57 Å². The molecule has 0 saturated carbocycles. The summed E-state index contributed by atoms with van der Waals surface area (Å²) in [6.07, 6.45) is 0. The van der Waals surface area contributed by atoms with Gasteiger partial charge >= 0.3 is 0 Å². The summed E-state index contributed by atoms with van der Waals surface area (Å²) in [6.45, 7) is 7.39. The molecule has 9 rings (SSSR count). The number of rotatable bonds is 9. The summed E-state index contributed by atoms with van der Waals surface area (Å²) in [7, 11) is 0. The lowest BCUT2D eigenvalue weighted by atomic mass is 10.0. The monoisotopic (exact) mass is 733 g/mol. The smallest absolute Gasteiger partial charge is 0.187 e. The maximum Gasteiger partial charge on any atom is 0.187 e. The summed E-state index contributed by atoms with van der Waals surface area (Å²) in [4.78, 5) is 32.9. The van der Waals surface area contributed by atoms with Crippen molar-refractivity contribution >= 4 is 5.69 Å². The molecule has 0 aliphatic carbocycles. The zero-order chi connectivity index (χ0) is 38.4. The van der Waals surface area contributed by atoms with E-state index in [1.807, 2.05) is 182 Å². The summed E-state index contributed by atoms with van der Waals surface area (Å²) in [5.41, 5.74) is 7.66. The molecule has 0 fully saturated rings. The van der Waals surface area contributed by atoms with Crippen LogP contribution in [0.1, 0.15) is 0 Å². The van der Waals surface area contributed by atoms with Gasteiger partial charge in [0.15, 0.2) is 40.6 Å². The molecule has 0 unspecified atom stereocenters. The molecule has 0 aliphatic heterocycles. The van der Waals surface area contributed by atoms with Gasteiger partial charge in [-0.05, 0) is 41.5 Å². The number of hydrogen-bond acceptors (Lipinski definition) is 7. The summed E-state index contributed by atoms with van der Waals surface area (Å²) < 4.78 is 6.47. The normalized spacial score (nSPS) is 10.8. The first-order valence-electron chi connectivity index (χ1n) is 18.3. The van der Waals surface area contributed by atoms with Gasteiger partial charge in [-0.15, -0.1) is 0 Å². The first-order valence-corrected chi connectivity index (χ1v) is 18.3. The van der Waals surface area contributed by atoms with Crippen molar-refractivity contribution < 1.29 is 4.74 Å². The standard InChI is InChI=1S/C49H31N7O/c1-50-41-23-11-20-38(30-41)33-26-28-37(29-27-33)47-52-46(36-18-9-4-10-19-36)55-49(56-47)40-22-13-25-43(32-40)57-42-24-12-21-39(31-42)48-53-44(34-14-5-2-6-15-34)51-45(54-48)35-16-7-3-8-17-35/h2-32H. The van der Waals surface area contributed by atoms with Crippen LogP contribution in [0.5, 0.6) is 11.5 Å². The van der Waals surface area contributed by atoms with E-state index in [1.54, 1.807) is 6.07 Å². The summed E-state index contributed by atoms with van der Waals surface area (Å²) in [5.74, 6) is 4.57. The van der Waals surface area contributed by atoms with E-state index in [0.29, 0.717) is 52.1 Å². The summed E-state index contributed by atoms with van der Waals surface area (Å²) in [5, 5.41) is 0. The van der Waals surface area contributed by atoms with Gasteiger partial charge in [-0.25, -0.2) is 34.7 Å². The highest BCUT2D eigenvalue weighted by molar-refractivity contribution is 5.73. The molecular weight excluding hydrogens is 703 g/mol. The molecule has 0 N–H and O–H groups in total. The minimum absolute atomic E-state index is 0.513. The molecule has 268 valence electrons. The molecule has 0 aliphatic rings. The molecule has 0 saturated heterocycles. The fourth-order valence-electron chi connectivity index (χ4n) is 6.39. The minimum atomic E-state index is 0.513. The van der Waals surface area contributed by atoms with E-state index in [9.17, 15) is 0 Å². The van der Waals surface area contributed by atoms with Crippen LogP contribution in [0.4, 0.5) is 5.69 Å². The molecule has 7 aromatic carbocycles. The van der Waals surface area contributed by atoms with Crippen LogP contribution in [0.25, 0.3) is 84.3 Å². The zero-order valence-electron chi connectivity index (χ0n) is 30.4. The lowest BCUT2D eigenvalue weighted by Crippen LogP contribution is -2.00. The van der Waals surface area contributed by atoms with Crippen LogP contribution >= 0.6 is 0 Å². The lowest BCUT2D eigenvalue weighted by molar-refractivity contribution is 0.483. The quantitative estimate of drug-likeness (QED) is 0.136. The van der Waals surface area contributed by atoms with E-state index in [2.05, 4.69) is 4.85 Å². The summed E-state index contributed by atoms with van der Waals surface area (Å²) in [6, 6.07) is 60.8. The SMILES string of the molecule is [C-]#[N+]c1cccc(-c2ccc(-c3nc(-c4ccccc4)nc(-c4cccc(Oc5cccc(-c6nc(-c7ccccc7)nc(-c7ccccc7)n6)c5)c4)n3)cc2)c1. The van der Waals surface area contributed by atoms with Crippen LogP contribution in [0.15, 0.2) is 188 Å². The van der Waals surface area contributed by atoms with Crippen molar-refractivity contribution in [1.29, 1.82) is 0 Å². The lowest BCUT2D eigenvalue weighted by Gasteiger charge is -2.11. The third-order valence-electron chi connectivity index (χ3n) is 9.24. The van der Waals surface area contributed by atoms with E-state index >= 15 is 0 Å². The second kappa shape index (κ2) is 15.7. The van der Waals surface area contributed by atoms with Crippen molar-refractivity contribution in [2.75, 3.05) is 0 Å². The highest BCUT2D eigenvalue weighted by Crippen LogP contribution is 2.32. The van der Waals surface area contributed by atoms with Crippen molar-refractivity contribution in [3.05, 3.63) is 199 Å². The first-order chi connectivity index (χ1) is 28.1. The number of benzene rings is 7. The van der Waals surface area contributed by atoms with Crippen molar-refractivity contribution in [3.63, 3.8) is 0 Å². The van der Waals surface area contributed by atoms with E-state index in [-0.39, 0.29) is 0 Å². The second-order valence-corrected chi connectivity index (χ2v) is 13.1.